The Labute approximate surface area is 126 Å². The summed E-state index contributed by atoms with van der Waals surface area (Å²) >= 11 is 1.88. The van der Waals surface area contributed by atoms with Crippen LogP contribution in [0, 0.1) is 5.92 Å². The zero-order valence-electron chi connectivity index (χ0n) is 12.9. The van der Waals surface area contributed by atoms with E-state index >= 15 is 0 Å². The molecule has 0 saturated heterocycles. The molecule has 0 aliphatic heterocycles. The highest BCUT2D eigenvalue weighted by molar-refractivity contribution is 7.99. The van der Waals surface area contributed by atoms with Gasteiger partial charge in [-0.2, -0.15) is 16.7 Å². The highest BCUT2D eigenvalue weighted by atomic mass is 32.2. The monoisotopic (exact) mass is 297 g/mol. The van der Waals surface area contributed by atoms with Gasteiger partial charge in [-0.25, -0.2) is 0 Å². The van der Waals surface area contributed by atoms with Crippen LogP contribution >= 0.6 is 11.8 Å². The predicted molar refractivity (Wildman–Crippen MR) is 83.7 cm³/mol. The molecule has 0 spiro atoms. The topological polar surface area (TPSA) is 64.9 Å². The maximum Gasteiger partial charge on any atom is 0.234 e. The van der Waals surface area contributed by atoms with Gasteiger partial charge in [-0.3, -0.25) is 0 Å². The van der Waals surface area contributed by atoms with Crippen LogP contribution < -0.4 is 5.73 Å². The number of aromatic nitrogens is 2. The first-order valence-electron chi connectivity index (χ1n) is 7.74. The van der Waals surface area contributed by atoms with Crippen LogP contribution in [0.5, 0.6) is 0 Å². The summed E-state index contributed by atoms with van der Waals surface area (Å²) in [6.45, 7) is 7.35. The molecule has 20 heavy (non-hydrogen) atoms. The molecule has 1 fully saturated rings. The third-order valence-corrected chi connectivity index (χ3v) is 5.94. The van der Waals surface area contributed by atoms with Crippen molar-refractivity contribution < 1.29 is 4.52 Å². The molecule has 1 atom stereocenters. The highest BCUT2D eigenvalue weighted by Crippen LogP contribution is 2.40. The van der Waals surface area contributed by atoms with Gasteiger partial charge in [0, 0.05) is 11.8 Å². The van der Waals surface area contributed by atoms with Crippen LogP contribution in [0.2, 0.25) is 0 Å². The van der Waals surface area contributed by atoms with Gasteiger partial charge in [0.05, 0.1) is 11.2 Å². The Bertz CT molecular complexity index is 413. The van der Waals surface area contributed by atoms with Gasteiger partial charge in [-0.05, 0) is 38.0 Å². The van der Waals surface area contributed by atoms with Crippen LogP contribution in [0.3, 0.4) is 0 Å². The van der Waals surface area contributed by atoms with Crippen LogP contribution in [0.4, 0.5) is 0 Å². The Morgan fingerprint density at radius 3 is 2.75 bits per heavy atom. The normalized spacial score (nSPS) is 28.5. The van der Waals surface area contributed by atoms with Crippen molar-refractivity contribution in [1.29, 1.82) is 0 Å². The second-order valence-electron chi connectivity index (χ2n) is 6.21. The molecule has 0 aromatic carbocycles. The Balaban J connectivity index is 2.02. The van der Waals surface area contributed by atoms with Crippen molar-refractivity contribution in [3.05, 3.63) is 11.7 Å². The minimum absolute atomic E-state index is 0.0706. The lowest BCUT2D eigenvalue weighted by molar-refractivity contribution is 0.191. The van der Waals surface area contributed by atoms with Crippen molar-refractivity contribution in [2.75, 3.05) is 6.54 Å². The zero-order valence-corrected chi connectivity index (χ0v) is 13.7. The van der Waals surface area contributed by atoms with Gasteiger partial charge < -0.3 is 10.3 Å². The van der Waals surface area contributed by atoms with E-state index in [2.05, 4.69) is 30.9 Å². The molecule has 0 radical (unpaired) electrons. The highest BCUT2D eigenvalue weighted by Gasteiger charge is 2.39. The fourth-order valence-corrected chi connectivity index (χ4v) is 3.47. The lowest BCUT2D eigenvalue weighted by Crippen LogP contribution is -2.39. The Morgan fingerprint density at radius 2 is 2.15 bits per heavy atom. The molecule has 2 N–H and O–H groups in total. The van der Waals surface area contributed by atoms with E-state index in [0.717, 1.165) is 36.2 Å². The van der Waals surface area contributed by atoms with Crippen molar-refractivity contribution in [3.63, 3.8) is 0 Å². The molecule has 1 saturated carbocycles. The first-order chi connectivity index (χ1) is 9.59. The van der Waals surface area contributed by atoms with Gasteiger partial charge in [-0.15, -0.1) is 0 Å². The van der Waals surface area contributed by atoms with Gasteiger partial charge in [0.15, 0.2) is 5.82 Å². The maximum atomic E-state index is 6.04. The Kier molecular flexibility index (Phi) is 5.49. The number of thioether (sulfide) groups is 1. The van der Waals surface area contributed by atoms with Crippen LogP contribution in [-0.2, 0) is 11.2 Å². The summed E-state index contributed by atoms with van der Waals surface area (Å²) < 4.78 is 5.55. The average molecular weight is 297 g/mol. The summed E-state index contributed by atoms with van der Waals surface area (Å²) in [5.74, 6) is 3.21. The van der Waals surface area contributed by atoms with Gasteiger partial charge in [0.2, 0.25) is 5.89 Å². The van der Waals surface area contributed by atoms with Gasteiger partial charge >= 0.3 is 0 Å². The second kappa shape index (κ2) is 6.94. The minimum atomic E-state index is -0.0706. The van der Waals surface area contributed by atoms with Gasteiger partial charge in [-0.1, -0.05) is 25.9 Å². The van der Waals surface area contributed by atoms with E-state index in [9.17, 15) is 0 Å². The molecule has 0 amide bonds. The third-order valence-electron chi connectivity index (χ3n) is 4.62. The van der Waals surface area contributed by atoms with E-state index in [1.54, 1.807) is 0 Å². The molecule has 1 aliphatic carbocycles. The maximum absolute atomic E-state index is 6.04. The van der Waals surface area contributed by atoms with Crippen molar-refractivity contribution in [2.24, 2.45) is 11.7 Å². The summed E-state index contributed by atoms with van der Waals surface area (Å²) in [5, 5.41) is 4.78. The van der Waals surface area contributed by atoms with E-state index in [4.69, 9.17) is 10.3 Å². The third kappa shape index (κ3) is 3.55. The summed E-state index contributed by atoms with van der Waals surface area (Å²) in [4.78, 5) is 4.63. The smallest absolute Gasteiger partial charge is 0.234 e. The number of nitrogens with zero attached hydrogens (tertiary/aromatic N) is 2. The van der Waals surface area contributed by atoms with Gasteiger partial charge in [0.25, 0.3) is 0 Å². The van der Waals surface area contributed by atoms with Crippen molar-refractivity contribution in [1.82, 2.24) is 10.1 Å². The standard InChI is InChI=1S/C15H27N3OS/c1-4-12(3)20-9-13-17-14(19-18-13)15(10-16)7-5-11(2)6-8-15/h11-12H,4-10,16H2,1-3H3. The molecule has 5 heteroatoms. The molecule has 4 nitrogen and oxygen atoms in total. The molecule has 2 rings (SSSR count). The molecule has 0 bridgehead atoms. The van der Waals surface area contributed by atoms with Crippen molar-refractivity contribution in [3.8, 4) is 0 Å². The van der Waals surface area contributed by atoms with Crippen molar-refractivity contribution >= 4 is 11.8 Å². The molecular weight excluding hydrogens is 270 g/mol. The zero-order chi connectivity index (χ0) is 14.6. The first-order valence-corrected chi connectivity index (χ1v) is 8.79. The molecule has 114 valence electrons. The number of nitrogens with two attached hydrogens (primary N) is 1. The fraction of sp³-hybridized carbons (Fsp3) is 0.867. The Morgan fingerprint density at radius 1 is 1.45 bits per heavy atom. The largest absolute Gasteiger partial charge is 0.339 e. The fourth-order valence-electron chi connectivity index (χ4n) is 2.68. The molecule has 1 heterocycles. The minimum Gasteiger partial charge on any atom is -0.339 e. The summed E-state index contributed by atoms with van der Waals surface area (Å²) in [7, 11) is 0. The SMILES string of the molecule is CCC(C)SCc1noc(C2(CN)CCC(C)CC2)n1. The summed E-state index contributed by atoms with van der Waals surface area (Å²) in [6.07, 6.45) is 5.72. The lowest BCUT2D eigenvalue weighted by Gasteiger charge is -2.35. The van der Waals surface area contributed by atoms with Crippen LogP contribution in [0.15, 0.2) is 4.52 Å². The number of hydrogen-bond acceptors (Lipinski definition) is 5. The van der Waals surface area contributed by atoms with Crippen LogP contribution in [0.25, 0.3) is 0 Å². The van der Waals surface area contributed by atoms with E-state index < -0.39 is 0 Å². The summed E-state index contributed by atoms with van der Waals surface area (Å²) in [6, 6.07) is 0. The second-order valence-corrected chi connectivity index (χ2v) is 7.64. The molecular formula is C15H27N3OS. The number of hydrogen-bond donors (Lipinski definition) is 1. The van der Waals surface area contributed by atoms with E-state index in [-0.39, 0.29) is 5.41 Å². The average Bonchev–Trinajstić information content (AvgIpc) is 2.95. The molecule has 1 unspecified atom stereocenters. The summed E-state index contributed by atoms with van der Waals surface area (Å²) in [5.41, 5.74) is 5.97. The Hall–Kier alpha value is -0.550. The molecule has 1 aromatic rings. The lowest BCUT2D eigenvalue weighted by atomic mass is 9.71. The number of rotatable bonds is 6. The van der Waals surface area contributed by atoms with Crippen molar-refractivity contribution in [2.45, 2.75) is 69.3 Å². The quantitative estimate of drug-likeness (QED) is 0.870. The predicted octanol–water partition coefficient (Wildman–Crippen LogP) is 3.51. The van der Waals surface area contributed by atoms with Crippen LogP contribution in [0.1, 0.15) is 64.6 Å². The van der Waals surface area contributed by atoms with E-state index in [1.165, 1.54) is 19.3 Å². The molecule has 1 aliphatic rings. The van der Waals surface area contributed by atoms with Crippen LogP contribution in [-0.4, -0.2) is 21.9 Å². The van der Waals surface area contributed by atoms with E-state index in [0.29, 0.717) is 11.8 Å². The van der Waals surface area contributed by atoms with Gasteiger partial charge in [0.1, 0.15) is 0 Å². The van der Waals surface area contributed by atoms with E-state index in [1.807, 2.05) is 11.8 Å². The first kappa shape index (κ1) is 15.8. The molecule has 1 aromatic heterocycles.